The molecule has 0 fully saturated rings. The Bertz CT molecular complexity index is 592. The number of hydrogen-bond acceptors (Lipinski definition) is 7. The standard InChI is InChI=1S/C12H17Cl2NO8S/c13-10-11(14)24(19,20)15(12(10)18)2-4-22-6-8-23-7-5-21-3-1-9(16)17/h1-8H2,(H,16,17). The van der Waals surface area contributed by atoms with Crippen LogP contribution in [0.5, 0.6) is 0 Å². The Morgan fingerprint density at radius 3 is 1.96 bits per heavy atom. The van der Waals surface area contributed by atoms with Crippen molar-refractivity contribution in [2.24, 2.45) is 0 Å². The first-order valence-corrected chi connectivity index (χ1v) is 9.05. The lowest BCUT2D eigenvalue weighted by atomic mass is 10.5. The SMILES string of the molecule is O=C(O)CCOCCOCCOCCN1C(=O)C(Cl)=C(Cl)S1(=O)=O. The number of amides is 1. The molecular weight excluding hydrogens is 389 g/mol. The number of hydrogen-bond donors (Lipinski definition) is 1. The van der Waals surface area contributed by atoms with Crippen molar-refractivity contribution in [2.75, 3.05) is 46.2 Å². The predicted octanol–water partition coefficient (Wildman–Crippen LogP) is 0.330. The van der Waals surface area contributed by atoms with Crippen LogP contribution >= 0.6 is 23.2 Å². The van der Waals surface area contributed by atoms with E-state index >= 15 is 0 Å². The van der Waals surface area contributed by atoms with E-state index in [1.807, 2.05) is 0 Å². The van der Waals surface area contributed by atoms with Gasteiger partial charge in [-0.3, -0.25) is 9.59 Å². The average Bonchev–Trinajstić information content (AvgIpc) is 2.66. The summed E-state index contributed by atoms with van der Waals surface area (Å²) in [5.74, 6) is -1.80. The van der Waals surface area contributed by atoms with E-state index in [0.717, 1.165) is 0 Å². The van der Waals surface area contributed by atoms with Gasteiger partial charge < -0.3 is 19.3 Å². The van der Waals surface area contributed by atoms with Gasteiger partial charge in [0.25, 0.3) is 15.9 Å². The fourth-order valence-corrected chi connectivity index (χ4v) is 3.49. The lowest BCUT2D eigenvalue weighted by molar-refractivity contribution is -0.138. The number of rotatable bonds is 12. The number of carboxylic acid groups (broad SMARTS) is 1. The average molecular weight is 406 g/mol. The van der Waals surface area contributed by atoms with Gasteiger partial charge in [-0.05, 0) is 0 Å². The van der Waals surface area contributed by atoms with Gasteiger partial charge in [0, 0.05) is 0 Å². The van der Waals surface area contributed by atoms with Crippen LogP contribution in [0.15, 0.2) is 9.40 Å². The molecule has 0 spiro atoms. The molecule has 1 rings (SSSR count). The third-order valence-corrected chi connectivity index (χ3v) is 5.67. The summed E-state index contributed by atoms with van der Waals surface area (Å²) in [4.78, 5) is 21.8. The van der Waals surface area contributed by atoms with E-state index in [9.17, 15) is 18.0 Å². The van der Waals surface area contributed by atoms with Crippen LogP contribution in [0.3, 0.4) is 0 Å². The molecule has 138 valence electrons. The highest BCUT2D eigenvalue weighted by Crippen LogP contribution is 2.32. The zero-order chi connectivity index (χ0) is 18.2. The van der Waals surface area contributed by atoms with E-state index in [1.54, 1.807) is 0 Å². The van der Waals surface area contributed by atoms with Crippen molar-refractivity contribution in [1.82, 2.24) is 4.31 Å². The normalized spacial score (nSPS) is 16.9. The van der Waals surface area contributed by atoms with Gasteiger partial charge >= 0.3 is 5.97 Å². The highest BCUT2D eigenvalue weighted by Gasteiger charge is 2.42. The van der Waals surface area contributed by atoms with Crippen LogP contribution in [-0.4, -0.2) is 75.9 Å². The Morgan fingerprint density at radius 1 is 1.00 bits per heavy atom. The van der Waals surface area contributed by atoms with Crippen molar-refractivity contribution in [3.05, 3.63) is 9.40 Å². The molecule has 0 aromatic heterocycles. The van der Waals surface area contributed by atoms with Gasteiger partial charge in [0.1, 0.15) is 5.03 Å². The predicted molar refractivity (Wildman–Crippen MR) is 84.1 cm³/mol. The summed E-state index contributed by atoms with van der Waals surface area (Å²) < 4.78 is 38.7. The molecule has 0 aromatic carbocycles. The lowest BCUT2D eigenvalue weighted by Crippen LogP contribution is -2.34. The molecule has 24 heavy (non-hydrogen) atoms. The molecule has 12 heteroatoms. The molecule has 0 saturated heterocycles. The summed E-state index contributed by atoms with van der Waals surface area (Å²) in [6.45, 7) is 0.846. The van der Waals surface area contributed by atoms with Crippen molar-refractivity contribution in [3.63, 3.8) is 0 Å². The Kier molecular flexibility index (Phi) is 8.95. The number of aliphatic carboxylic acids is 1. The fourth-order valence-electron chi connectivity index (χ4n) is 1.58. The maximum absolute atomic E-state index is 11.7. The maximum atomic E-state index is 11.7. The first kappa shape index (κ1) is 21.1. The van der Waals surface area contributed by atoms with Crippen LogP contribution in [-0.2, 0) is 33.8 Å². The van der Waals surface area contributed by atoms with Gasteiger partial charge in [-0.1, -0.05) is 23.2 Å². The largest absolute Gasteiger partial charge is 0.481 e. The summed E-state index contributed by atoms with van der Waals surface area (Å²) in [7, 11) is -4.05. The second-order valence-electron chi connectivity index (χ2n) is 4.45. The van der Waals surface area contributed by atoms with Crippen molar-refractivity contribution < 1.29 is 37.3 Å². The topological polar surface area (TPSA) is 119 Å². The third-order valence-electron chi connectivity index (χ3n) is 2.75. The molecule has 0 saturated carbocycles. The second kappa shape index (κ2) is 10.2. The third kappa shape index (κ3) is 6.19. The number of nitrogens with zero attached hydrogens (tertiary/aromatic N) is 1. The van der Waals surface area contributed by atoms with Gasteiger partial charge in [-0.15, -0.1) is 0 Å². The Morgan fingerprint density at radius 2 is 1.50 bits per heavy atom. The van der Waals surface area contributed by atoms with Crippen LogP contribution < -0.4 is 0 Å². The van der Waals surface area contributed by atoms with Gasteiger partial charge in [0.15, 0.2) is 4.36 Å². The summed E-state index contributed by atoms with van der Waals surface area (Å²) >= 11 is 11.0. The van der Waals surface area contributed by atoms with Gasteiger partial charge in [-0.25, -0.2) is 4.31 Å². The monoisotopic (exact) mass is 405 g/mol. The maximum Gasteiger partial charge on any atom is 0.305 e. The molecule has 0 aromatic rings. The van der Waals surface area contributed by atoms with Crippen LogP contribution in [0.1, 0.15) is 6.42 Å². The first-order chi connectivity index (χ1) is 11.3. The zero-order valence-corrected chi connectivity index (χ0v) is 14.9. The minimum absolute atomic E-state index is 0.0300. The number of halogens is 2. The molecule has 9 nitrogen and oxygen atoms in total. The highest BCUT2D eigenvalue weighted by atomic mass is 35.5. The second-order valence-corrected chi connectivity index (χ2v) is 7.23. The molecular formula is C12H17Cl2NO8S. The Balaban J connectivity index is 2.06. The van der Waals surface area contributed by atoms with E-state index < -0.39 is 31.3 Å². The quantitative estimate of drug-likeness (QED) is 0.461. The minimum Gasteiger partial charge on any atom is -0.481 e. The van der Waals surface area contributed by atoms with Crippen molar-refractivity contribution in [2.45, 2.75) is 6.42 Å². The Labute approximate surface area is 149 Å². The Hall–Kier alpha value is -0.910. The van der Waals surface area contributed by atoms with Crippen LogP contribution in [0.25, 0.3) is 0 Å². The van der Waals surface area contributed by atoms with Crippen molar-refractivity contribution in [1.29, 1.82) is 0 Å². The van der Waals surface area contributed by atoms with Gasteiger partial charge in [0.05, 0.1) is 52.6 Å². The smallest absolute Gasteiger partial charge is 0.305 e. The summed E-state index contributed by atoms with van der Waals surface area (Å²) in [6, 6.07) is 0. The van der Waals surface area contributed by atoms with Gasteiger partial charge in [-0.2, -0.15) is 8.42 Å². The van der Waals surface area contributed by atoms with Crippen molar-refractivity contribution >= 4 is 45.1 Å². The molecule has 1 amide bonds. The van der Waals surface area contributed by atoms with E-state index in [-0.39, 0.29) is 52.6 Å². The van der Waals surface area contributed by atoms with E-state index in [1.165, 1.54) is 0 Å². The summed E-state index contributed by atoms with van der Waals surface area (Å²) in [5.41, 5.74) is 0. The van der Waals surface area contributed by atoms with E-state index in [4.69, 9.17) is 42.5 Å². The van der Waals surface area contributed by atoms with E-state index in [2.05, 4.69) is 0 Å². The molecule has 0 atom stereocenters. The molecule has 1 aliphatic rings. The molecule has 1 heterocycles. The van der Waals surface area contributed by atoms with Crippen molar-refractivity contribution in [3.8, 4) is 0 Å². The summed E-state index contributed by atoms with van der Waals surface area (Å²) in [6.07, 6.45) is -0.0653. The number of ether oxygens (including phenoxy) is 3. The zero-order valence-electron chi connectivity index (χ0n) is 12.6. The lowest BCUT2D eigenvalue weighted by Gasteiger charge is -2.15. The molecule has 1 N–H and O–H groups in total. The highest BCUT2D eigenvalue weighted by molar-refractivity contribution is 7.95. The number of carboxylic acids is 1. The molecule has 1 aliphatic heterocycles. The van der Waals surface area contributed by atoms with E-state index in [0.29, 0.717) is 4.31 Å². The number of carbonyl (C=O) groups excluding carboxylic acids is 1. The molecule has 0 aliphatic carbocycles. The number of sulfonamides is 1. The molecule has 0 unspecified atom stereocenters. The number of carbonyl (C=O) groups is 2. The fraction of sp³-hybridized carbons (Fsp3) is 0.667. The van der Waals surface area contributed by atoms with Gasteiger partial charge in [0.2, 0.25) is 0 Å². The minimum atomic E-state index is -4.05. The first-order valence-electron chi connectivity index (χ1n) is 6.86. The molecule has 0 radical (unpaired) electrons. The van der Waals surface area contributed by atoms with Crippen LogP contribution in [0, 0.1) is 0 Å². The van der Waals surface area contributed by atoms with Crippen LogP contribution in [0.2, 0.25) is 0 Å². The summed E-state index contributed by atoms with van der Waals surface area (Å²) in [5, 5.41) is 7.86. The molecule has 0 bridgehead atoms. The van der Waals surface area contributed by atoms with Crippen LogP contribution in [0.4, 0.5) is 0 Å².